The quantitative estimate of drug-likeness (QED) is 0.521. The summed E-state index contributed by atoms with van der Waals surface area (Å²) in [5.41, 5.74) is 3.33. The molecule has 1 aliphatic rings. The van der Waals surface area contributed by atoms with Crippen molar-refractivity contribution in [1.82, 2.24) is 0 Å². The molecule has 0 saturated heterocycles. The van der Waals surface area contributed by atoms with Crippen LogP contribution in [-0.4, -0.2) is 11.2 Å². The van der Waals surface area contributed by atoms with Crippen LogP contribution in [0.3, 0.4) is 0 Å². The van der Waals surface area contributed by atoms with Crippen LogP contribution in [0.25, 0.3) is 6.08 Å². The Morgan fingerprint density at radius 1 is 1.27 bits per heavy atom. The fourth-order valence-corrected chi connectivity index (χ4v) is 2.75. The first-order chi connectivity index (χ1) is 10.6. The molecule has 2 rings (SSSR count). The number of ether oxygens (including phenoxy) is 1. The number of phenolic OH excluding ortho intramolecular Hbond substituents is 1. The van der Waals surface area contributed by atoms with E-state index >= 15 is 0 Å². The highest BCUT2D eigenvalue weighted by atomic mass is 16.5. The molecule has 0 saturated carbocycles. The summed E-state index contributed by atoms with van der Waals surface area (Å²) in [7, 11) is 0. The molecule has 0 amide bonds. The third-order valence-electron chi connectivity index (χ3n) is 4.01. The van der Waals surface area contributed by atoms with Crippen molar-refractivity contribution in [1.29, 1.82) is 0 Å². The van der Waals surface area contributed by atoms with Gasteiger partial charge in [0.25, 0.3) is 0 Å². The maximum atomic E-state index is 10.2. The molecule has 0 aliphatic carbocycles. The smallest absolute Gasteiger partial charge is 0.131 e. The van der Waals surface area contributed by atoms with Gasteiger partial charge in [-0.05, 0) is 69.4 Å². The lowest BCUT2D eigenvalue weighted by molar-refractivity contribution is 0.235. The van der Waals surface area contributed by atoms with Crippen molar-refractivity contribution in [3.05, 3.63) is 41.0 Å². The fourth-order valence-electron chi connectivity index (χ4n) is 2.75. The topological polar surface area (TPSA) is 29.5 Å². The molecular weight excluding hydrogens is 272 g/mol. The van der Waals surface area contributed by atoms with Gasteiger partial charge in [-0.3, -0.25) is 0 Å². The van der Waals surface area contributed by atoms with E-state index in [2.05, 4.69) is 39.0 Å². The zero-order valence-corrected chi connectivity index (χ0v) is 14.1. The first-order valence-electron chi connectivity index (χ1n) is 8.44. The van der Waals surface area contributed by atoms with Gasteiger partial charge < -0.3 is 9.84 Å². The Bertz CT molecular complexity index is 551. The molecule has 0 aromatic heterocycles. The number of rotatable bonds is 7. The zero-order valence-electron chi connectivity index (χ0n) is 14.1. The monoisotopic (exact) mass is 300 g/mol. The van der Waals surface area contributed by atoms with Crippen LogP contribution in [0, 0.1) is 0 Å². The summed E-state index contributed by atoms with van der Waals surface area (Å²) >= 11 is 0. The van der Waals surface area contributed by atoms with Crippen LogP contribution < -0.4 is 4.74 Å². The molecule has 1 N–H and O–H groups in total. The molecule has 22 heavy (non-hydrogen) atoms. The van der Waals surface area contributed by atoms with Crippen LogP contribution in [-0.2, 0) is 6.42 Å². The van der Waals surface area contributed by atoms with E-state index in [1.807, 2.05) is 12.1 Å². The van der Waals surface area contributed by atoms with Gasteiger partial charge in [0.15, 0.2) is 0 Å². The lowest BCUT2D eigenvalue weighted by Gasteiger charge is -2.22. The van der Waals surface area contributed by atoms with E-state index in [4.69, 9.17) is 4.74 Å². The molecule has 1 atom stereocenters. The molecule has 1 heterocycles. The Hall–Kier alpha value is -1.70. The summed E-state index contributed by atoms with van der Waals surface area (Å²) in [5, 5.41) is 10.2. The molecule has 1 aromatic rings. The predicted octanol–water partition coefficient (Wildman–Crippen LogP) is 5.65. The molecule has 120 valence electrons. The highest BCUT2D eigenvalue weighted by Crippen LogP contribution is 2.35. The van der Waals surface area contributed by atoms with Crippen molar-refractivity contribution in [3.63, 3.8) is 0 Å². The number of phenols is 1. The second kappa shape index (κ2) is 8.07. The highest BCUT2D eigenvalue weighted by Gasteiger charge is 2.17. The first kappa shape index (κ1) is 16.7. The number of unbranched alkanes of at least 4 members (excludes halogenated alkanes) is 2. The van der Waals surface area contributed by atoms with Gasteiger partial charge in [-0.2, -0.15) is 0 Å². The van der Waals surface area contributed by atoms with Crippen LogP contribution in [0.2, 0.25) is 0 Å². The Morgan fingerprint density at radius 2 is 2.09 bits per heavy atom. The van der Waals surface area contributed by atoms with Crippen LogP contribution in [0.1, 0.15) is 64.0 Å². The van der Waals surface area contributed by atoms with Crippen molar-refractivity contribution in [2.45, 2.75) is 65.4 Å². The zero-order chi connectivity index (χ0) is 15.9. The molecule has 2 nitrogen and oxygen atoms in total. The molecule has 2 heteroatoms. The summed E-state index contributed by atoms with van der Waals surface area (Å²) in [6.07, 6.45) is 13.0. The van der Waals surface area contributed by atoms with Gasteiger partial charge in [0.2, 0.25) is 0 Å². The van der Waals surface area contributed by atoms with Gasteiger partial charge in [0.05, 0.1) is 5.56 Å². The van der Waals surface area contributed by atoms with E-state index in [-0.39, 0.29) is 6.10 Å². The van der Waals surface area contributed by atoms with Crippen molar-refractivity contribution in [2.75, 3.05) is 0 Å². The van der Waals surface area contributed by atoms with Gasteiger partial charge in [0, 0.05) is 0 Å². The number of hydrogen-bond donors (Lipinski definition) is 1. The maximum Gasteiger partial charge on any atom is 0.131 e. The fraction of sp³-hybridized carbons (Fsp3) is 0.500. The Balaban J connectivity index is 2.04. The van der Waals surface area contributed by atoms with E-state index in [1.165, 1.54) is 24.0 Å². The maximum absolute atomic E-state index is 10.2. The average Bonchev–Trinajstić information content (AvgIpc) is 2.47. The standard InChI is InChI=1S/C20H28O2/c1-4-5-6-9-16-13-19(21)18-12-11-17(22-20(18)14-16)10-7-8-15(2)3/h8,11-14,17,21H,4-7,9-10H2,1-3H3/t17-/m1/s1. The third kappa shape index (κ3) is 4.66. The number of allylic oxidation sites excluding steroid dienone is 2. The molecular formula is C20H28O2. The summed E-state index contributed by atoms with van der Waals surface area (Å²) in [6.45, 7) is 6.44. The first-order valence-corrected chi connectivity index (χ1v) is 8.44. The summed E-state index contributed by atoms with van der Waals surface area (Å²) in [4.78, 5) is 0. The predicted molar refractivity (Wildman–Crippen MR) is 93.5 cm³/mol. The Morgan fingerprint density at radius 3 is 2.82 bits per heavy atom. The van der Waals surface area contributed by atoms with Crippen molar-refractivity contribution < 1.29 is 9.84 Å². The molecule has 0 unspecified atom stereocenters. The number of benzene rings is 1. The minimum Gasteiger partial charge on any atom is -0.507 e. The Kier molecular flexibility index (Phi) is 6.11. The normalized spacial score (nSPS) is 16.0. The molecule has 1 aliphatic heterocycles. The highest BCUT2D eigenvalue weighted by molar-refractivity contribution is 5.67. The lowest BCUT2D eigenvalue weighted by Crippen LogP contribution is -2.16. The van der Waals surface area contributed by atoms with Crippen LogP contribution in [0.15, 0.2) is 29.9 Å². The molecule has 0 spiro atoms. The SMILES string of the molecule is CCCCCc1cc(O)c2c(c1)O[C@H](CCC=C(C)C)C=C2. The molecule has 0 fully saturated rings. The van der Waals surface area contributed by atoms with Gasteiger partial charge >= 0.3 is 0 Å². The number of aryl methyl sites for hydroxylation is 1. The summed E-state index contributed by atoms with van der Waals surface area (Å²) < 4.78 is 6.07. The number of fused-ring (bicyclic) bond motifs is 1. The summed E-state index contributed by atoms with van der Waals surface area (Å²) in [6, 6.07) is 3.98. The largest absolute Gasteiger partial charge is 0.507 e. The van der Waals surface area contributed by atoms with Crippen molar-refractivity contribution in [2.24, 2.45) is 0 Å². The van der Waals surface area contributed by atoms with Crippen molar-refractivity contribution >= 4 is 6.08 Å². The van der Waals surface area contributed by atoms with E-state index in [0.717, 1.165) is 37.0 Å². The number of hydrogen-bond acceptors (Lipinski definition) is 2. The van der Waals surface area contributed by atoms with Gasteiger partial charge in [0.1, 0.15) is 17.6 Å². The second-order valence-electron chi connectivity index (χ2n) is 6.36. The minimum absolute atomic E-state index is 0.105. The van der Waals surface area contributed by atoms with Crippen LogP contribution in [0.5, 0.6) is 11.5 Å². The Labute approximate surface area is 134 Å². The van der Waals surface area contributed by atoms with E-state index in [1.54, 1.807) is 0 Å². The third-order valence-corrected chi connectivity index (χ3v) is 4.01. The lowest BCUT2D eigenvalue weighted by atomic mass is 10.0. The van der Waals surface area contributed by atoms with Gasteiger partial charge in [-0.15, -0.1) is 0 Å². The van der Waals surface area contributed by atoms with E-state index < -0.39 is 0 Å². The van der Waals surface area contributed by atoms with Gasteiger partial charge in [-0.25, -0.2) is 0 Å². The van der Waals surface area contributed by atoms with Gasteiger partial charge in [-0.1, -0.05) is 31.4 Å². The molecule has 0 radical (unpaired) electrons. The van der Waals surface area contributed by atoms with Crippen molar-refractivity contribution in [3.8, 4) is 11.5 Å². The minimum atomic E-state index is 0.105. The summed E-state index contributed by atoms with van der Waals surface area (Å²) in [5.74, 6) is 1.17. The van der Waals surface area contributed by atoms with Crippen LogP contribution in [0.4, 0.5) is 0 Å². The second-order valence-corrected chi connectivity index (χ2v) is 6.36. The number of aromatic hydroxyl groups is 1. The van der Waals surface area contributed by atoms with E-state index in [9.17, 15) is 5.11 Å². The van der Waals surface area contributed by atoms with Crippen LogP contribution >= 0.6 is 0 Å². The molecule has 0 bridgehead atoms. The molecule has 1 aromatic carbocycles. The van der Waals surface area contributed by atoms with E-state index in [0.29, 0.717) is 5.75 Å². The average molecular weight is 300 g/mol.